The molecule has 0 aromatic heterocycles. The van der Waals surface area contributed by atoms with Crippen LogP contribution in [0.15, 0.2) is 5.16 Å². The van der Waals surface area contributed by atoms with Gasteiger partial charge in [-0.1, -0.05) is 18.5 Å². The molecule has 0 radical (unpaired) electrons. The Kier molecular flexibility index (Phi) is 6.05. The minimum Gasteiger partial charge on any atom is -0.396 e. The highest BCUT2D eigenvalue weighted by molar-refractivity contribution is 6.38. The summed E-state index contributed by atoms with van der Waals surface area (Å²) < 4.78 is 0. The van der Waals surface area contributed by atoms with Crippen molar-refractivity contribution < 1.29 is 9.63 Å². The normalized spacial score (nSPS) is 11.3. The van der Waals surface area contributed by atoms with Crippen LogP contribution in [0.5, 0.6) is 0 Å². The van der Waals surface area contributed by atoms with Crippen molar-refractivity contribution in [2.24, 2.45) is 10.9 Å². The molecule has 0 aliphatic heterocycles. The summed E-state index contributed by atoms with van der Waals surface area (Å²) in [6, 6.07) is 0. The van der Waals surface area contributed by atoms with Gasteiger partial charge in [0.15, 0.2) is 0 Å². The number of oxime groups is 1. The number of hydrogen-bond donors (Lipinski definition) is 1. The Morgan fingerprint density at radius 3 is 2.58 bits per heavy atom. The molecule has 0 bridgehead atoms. The largest absolute Gasteiger partial charge is 0.396 e. The Morgan fingerprint density at radius 1 is 1.50 bits per heavy atom. The molecule has 70 valence electrons. The van der Waals surface area contributed by atoms with Crippen molar-refractivity contribution in [3.8, 4) is 0 Å². The monoisotopic (exact) mass is 172 g/mol. The standard InChI is InChI=1S/C8H16N2O2/c1-3-5-6-7(8(9)11)10-12-4-2/h3-6H2,1-2H3,(H2,9,11)/b10-7-. The molecule has 0 aromatic rings. The van der Waals surface area contributed by atoms with Gasteiger partial charge in [-0.3, -0.25) is 4.79 Å². The summed E-state index contributed by atoms with van der Waals surface area (Å²) in [7, 11) is 0. The van der Waals surface area contributed by atoms with Crippen LogP contribution in [0.25, 0.3) is 0 Å². The number of nitrogens with two attached hydrogens (primary N) is 1. The van der Waals surface area contributed by atoms with Crippen molar-refractivity contribution in [1.29, 1.82) is 0 Å². The summed E-state index contributed by atoms with van der Waals surface area (Å²) >= 11 is 0. The van der Waals surface area contributed by atoms with Gasteiger partial charge in [0.25, 0.3) is 5.91 Å². The molecule has 0 spiro atoms. The zero-order chi connectivity index (χ0) is 9.40. The number of carbonyl (C=O) groups is 1. The second-order valence-electron chi connectivity index (χ2n) is 2.42. The van der Waals surface area contributed by atoms with Gasteiger partial charge >= 0.3 is 0 Å². The first-order valence-corrected chi connectivity index (χ1v) is 4.21. The number of amides is 1. The minimum atomic E-state index is -0.489. The van der Waals surface area contributed by atoms with Gasteiger partial charge in [0.05, 0.1) is 0 Å². The summed E-state index contributed by atoms with van der Waals surface area (Å²) in [6.45, 7) is 4.31. The molecule has 0 aliphatic carbocycles. The fourth-order valence-electron chi connectivity index (χ4n) is 0.701. The SMILES string of the molecule is CCCC/C(=N/OCC)C(N)=O. The van der Waals surface area contributed by atoms with Crippen molar-refractivity contribution in [3.63, 3.8) is 0 Å². The third kappa shape index (κ3) is 4.71. The van der Waals surface area contributed by atoms with Crippen LogP contribution in [-0.4, -0.2) is 18.2 Å². The third-order valence-corrected chi connectivity index (χ3v) is 1.36. The van der Waals surface area contributed by atoms with E-state index in [2.05, 4.69) is 5.16 Å². The molecule has 0 saturated carbocycles. The van der Waals surface area contributed by atoms with E-state index in [-0.39, 0.29) is 0 Å². The Balaban J connectivity index is 3.94. The number of unbranched alkanes of at least 4 members (excludes halogenated alkanes) is 1. The molecule has 1 amide bonds. The molecule has 12 heavy (non-hydrogen) atoms. The van der Waals surface area contributed by atoms with Crippen LogP contribution in [0.4, 0.5) is 0 Å². The van der Waals surface area contributed by atoms with E-state index in [0.717, 1.165) is 12.8 Å². The highest BCUT2D eigenvalue weighted by atomic mass is 16.6. The van der Waals surface area contributed by atoms with Crippen LogP contribution < -0.4 is 5.73 Å². The van der Waals surface area contributed by atoms with E-state index in [1.165, 1.54) is 0 Å². The molecule has 0 fully saturated rings. The highest BCUT2D eigenvalue weighted by Gasteiger charge is 2.06. The Bertz CT molecular complexity index is 166. The lowest BCUT2D eigenvalue weighted by Crippen LogP contribution is -2.23. The number of carbonyl (C=O) groups excluding carboxylic acids is 1. The average molecular weight is 172 g/mol. The van der Waals surface area contributed by atoms with Crippen molar-refractivity contribution in [2.45, 2.75) is 33.1 Å². The second-order valence-corrected chi connectivity index (χ2v) is 2.42. The van der Waals surface area contributed by atoms with Gasteiger partial charge in [0.2, 0.25) is 0 Å². The van der Waals surface area contributed by atoms with Crippen molar-refractivity contribution in [2.75, 3.05) is 6.61 Å². The number of rotatable bonds is 6. The molecule has 0 saturated heterocycles. The highest BCUT2D eigenvalue weighted by Crippen LogP contribution is 1.97. The van der Waals surface area contributed by atoms with Crippen LogP contribution in [0.2, 0.25) is 0 Å². The van der Waals surface area contributed by atoms with Crippen molar-refractivity contribution in [1.82, 2.24) is 0 Å². The summed E-state index contributed by atoms with van der Waals surface area (Å²) in [5.74, 6) is -0.489. The Hall–Kier alpha value is -1.06. The molecular weight excluding hydrogens is 156 g/mol. The smallest absolute Gasteiger partial charge is 0.266 e. The number of nitrogens with zero attached hydrogens (tertiary/aromatic N) is 1. The second kappa shape index (κ2) is 6.64. The van der Waals surface area contributed by atoms with Gasteiger partial charge in [-0.05, 0) is 19.8 Å². The van der Waals surface area contributed by atoms with E-state index < -0.39 is 5.91 Å². The third-order valence-electron chi connectivity index (χ3n) is 1.36. The lowest BCUT2D eigenvalue weighted by Gasteiger charge is -1.99. The van der Waals surface area contributed by atoms with Gasteiger partial charge in [-0.25, -0.2) is 0 Å². The first kappa shape index (κ1) is 10.9. The zero-order valence-electron chi connectivity index (χ0n) is 7.67. The summed E-state index contributed by atoms with van der Waals surface area (Å²) in [5.41, 5.74) is 5.40. The van der Waals surface area contributed by atoms with Gasteiger partial charge in [0, 0.05) is 0 Å². The van der Waals surface area contributed by atoms with Gasteiger partial charge in [-0.15, -0.1) is 0 Å². The zero-order valence-corrected chi connectivity index (χ0v) is 7.67. The van der Waals surface area contributed by atoms with E-state index >= 15 is 0 Å². The van der Waals surface area contributed by atoms with Crippen molar-refractivity contribution >= 4 is 11.6 Å². The lowest BCUT2D eigenvalue weighted by atomic mass is 10.2. The van der Waals surface area contributed by atoms with E-state index in [4.69, 9.17) is 10.6 Å². The van der Waals surface area contributed by atoms with E-state index in [1.807, 2.05) is 13.8 Å². The van der Waals surface area contributed by atoms with E-state index in [0.29, 0.717) is 18.7 Å². The first-order chi connectivity index (χ1) is 5.72. The summed E-state index contributed by atoms with van der Waals surface area (Å²) in [5, 5.41) is 3.62. The molecule has 4 nitrogen and oxygen atoms in total. The first-order valence-electron chi connectivity index (χ1n) is 4.21. The average Bonchev–Trinajstić information content (AvgIpc) is 2.04. The quantitative estimate of drug-likeness (QED) is 0.481. The number of primary amides is 1. The van der Waals surface area contributed by atoms with Gasteiger partial charge in [0.1, 0.15) is 12.3 Å². The number of hydrogen-bond acceptors (Lipinski definition) is 3. The van der Waals surface area contributed by atoms with Crippen LogP contribution in [0.3, 0.4) is 0 Å². The van der Waals surface area contributed by atoms with Crippen LogP contribution in [0.1, 0.15) is 33.1 Å². The molecule has 4 heteroatoms. The van der Waals surface area contributed by atoms with Crippen LogP contribution in [-0.2, 0) is 9.63 Å². The van der Waals surface area contributed by atoms with Crippen LogP contribution in [0, 0.1) is 0 Å². The Morgan fingerprint density at radius 2 is 2.17 bits per heavy atom. The molecule has 0 aromatic carbocycles. The molecule has 2 N–H and O–H groups in total. The fourth-order valence-corrected chi connectivity index (χ4v) is 0.701. The van der Waals surface area contributed by atoms with Gasteiger partial charge < -0.3 is 10.6 Å². The van der Waals surface area contributed by atoms with E-state index in [1.54, 1.807) is 0 Å². The summed E-state index contributed by atoms with van der Waals surface area (Å²) in [6.07, 6.45) is 2.53. The molecule has 0 aliphatic rings. The fraction of sp³-hybridized carbons (Fsp3) is 0.750. The lowest BCUT2D eigenvalue weighted by molar-refractivity contribution is -0.112. The maximum Gasteiger partial charge on any atom is 0.266 e. The maximum absolute atomic E-state index is 10.7. The molecule has 0 atom stereocenters. The minimum absolute atomic E-state index is 0.332. The Labute approximate surface area is 72.8 Å². The van der Waals surface area contributed by atoms with Gasteiger partial charge in [-0.2, -0.15) is 0 Å². The van der Waals surface area contributed by atoms with Crippen molar-refractivity contribution in [3.05, 3.63) is 0 Å². The predicted octanol–water partition coefficient (Wildman–Crippen LogP) is 1.05. The van der Waals surface area contributed by atoms with E-state index in [9.17, 15) is 4.79 Å². The van der Waals surface area contributed by atoms with Crippen LogP contribution >= 0.6 is 0 Å². The molecular formula is C8H16N2O2. The molecule has 0 heterocycles. The predicted molar refractivity (Wildman–Crippen MR) is 47.8 cm³/mol. The summed E-state index contributed by atoms with van der Waals surface area (Å²) in [4.78, 5) is 15.5. The molecule has 0 unspecified atom stereocenters. The topological polar surface area (TPSA) is 64.7 Å². The maximum atomic E-state index is 10.7. The molecule has 0 rings (SSSR count).